The molecular weight excluding hydrogens is 357 g/mol. The minimum atomic E-state index is -4.37. The molecule has 0 unspecified atom stereocenters. The summed E-state index contributed by atoms with van der Waals surface area (Å²) in [5.41, 5.74) is 0.369. The van der Waals surface area contributed by atoms with E-state index in [-0.39, 0.29) is 11.6 Å². The maximum Gasteiger partial charge on any atom is 0.416 e. The van der Waals surface area contributed by atoms with Crippen molar-refractivity contribution in [3.63, 3.8) is 0 Å². The zero-order valence-electron chi connectivity index (χ0n) is 12.8. The van der Waals surface area contributed by atoms with Gasteiger partial charge in [0, 0.05) is 5.56 Å². The van der Waals surface area contributed by atoms with Crippen LogP contribution in [-0.2, 0) is 12.8 Å². The van der Waals surface area contributed by atoms with Crippen LogP contribution in [0, 0.1) is 5.41 Å². The average molecular weight is 371 g/mol. The molecule has 0 saturated heterocycles. The lowest BCUT2D eigenvalue weighted by atomic mass is 10.1. The lowest BCUT2D eigenvalue weighted by Gasteiger charge is -2.11. The molecule has 3 N–H and O–H groups in total. The van der Waals surface area contributed by atoms with E-state index in [1.165, 1.54) is 18.3 Å². The second kappa shape index (κ2) is 8.00. The number of halogens is 4. The van der Waals surface area contributed by atoms with Gasteiger partial charge in [0.15, 0.2) is 0 Å². The minimum Gasteiger partial charge on any atom is -0.487 e. The number of hydrazone groups is 1. The normalized spacial score (nSPS) is 11.6. The second-order valence-electron chi connectivity index (χ2n) is 4.90. The highest BCUT2D eigenvalue weighted by atomic mass is 35.5. The molecule has 0 amide bonds. The van der Waals surface area contributed by atoms with Crippen molar-refractivity contribution >= 4 is 24.2 Å². The maximum atomic E-state index is 12.5. The van der Waals surface area contributed by atoms with Crippen LogP contribution in [0.3, 0.4) is 0 Å². The van der Waals surface area contributed by atoms with Crippen LogP contribution in [0.4, 0.5) is 13.2 Å². The van der Waals surface area contributed by atoms with E-state index in [1.54, 1.807) is 18.2 Å². The van der Waals surface area contributed by atoms with E-state index >= 15 is 0 Å². The first-order valence-corrected chi connectivity index (χ1v) is 7.35. The summed E-state index contributed by atoms with van der Waals surface area (Å²) in [5, 5.41) is 11.8. The summed E-state index contributed by atoms with van der Waals surface area (Å²) in [6, 6.07) is 9.67. The van der Waals surface area contributed by atoms with Gasteiger partial charge in [0.05, 0.1) is 16.8 Å². The van der Waals surface area contributed by atoms with E-state index in [2.05, 4.69) is 5.10 Å². The summed E-state index contributed by atoms with van der Waals surface area (Å²) in [4.78, 5) is 0. The van der Waals surface area contributed by atoms with Crippen molar-refractivity contribution in [3.8, 4) is 5.75 Å². The quantitative estimate of drug-likeness (QED) is 0.348. The van der Waals surface area contributed by atoms with Crippen molar-refractivity contribution in [2.45, 2.75) is 12.8 Å². The van der Waals surface area contributed by atoms with Crippen molar-refractivity contribution in [2.24, 2.45) is 10.9 Å². The number of nitrogens with two attached hydrogens (primary N) is 1. The van der Waals surface area contributed by atoms with Crippen LogP contribution in [0.25, 0.3) is 0 Å². The highest BCUT2D eigenvalue weighted by Gasteiger charge is 2.29. The third kappa shape index (κ3) is 5.20. The number of rotatable bonds is 6. The van der Waals surface area contributed by atoms with E-state index in [9.17, 15) is 13.2 Å². The van der Waals surface area contributed by atoms with Gasteiger partial charge in [-0.25, -0.2) is 5.84 Å². The zero-order valence-corrected chi connectivity index (χ0v) is 13.6. The van der Waals surface area contributed by atoms with Crippen LogP contribution in [0.15, 0.2) is 47.6 Å². The minimum absolute atomic E-state index is 0.0575. The van der Waals surface area contributed by atoms with Gasteiger partial charge in [-0.05, 0) is 23.8 Å². The van der Waals surface area contributed by atoms with Crippen LogP contribution in [0.1, 0.15) is 16.7 Å². The Bertz CT molecular complexity index is 763. The molecule has 9 heteroatoms. The fourth-order valence-electron chi connectivity index (χ4n) is 1.85. The van der Waals surface area contributed by atoms with E-state index in [0.29, 0.717) is 16.9 Å². The van der Waals surface area contributed by atoms with Crippen molar-refractivity contribution < 1.29 is 17.9 Å². The SMILES string of the molecule is N=CN(N)/N=C/c1cccc(OCc2ccc(C(F)(F)F)cc2)c1Cl. The first-order valence-electron chi connectivity index (χ1n) is 6.97. The molecule has 25 heavy (non-hydrogen) atoms. The van der Waals surface area contributed by atoms with Gasteiger partial charge in [0.2, 0.25) is 0 Å². The Morgan fingerprint density at radius 3 is 2.48 bits per heavy atom. The van der Waals surface area contributed by atoms with Gasteiger partial charge in [0.25, 0.3) is 0 Å². The Kier molecular flexibility index (Phi) is 6.00. The molecule has 2 aromatic rings. The van der Waals surface area contributed by atoms with Gasteiger partial charge in [-0.3, -0.25) is 5.41 Å². The largest absolute Gasteiger partial charge is 0.487 e. The van der Waals surface area contributed by atoms with Gasteiger partial charge >= 0.3 is 6.18 Å². The highest BCUT2D eigenvalue weighted by molar-refractivity contribution is 6.34. The second-order valence-corrected chi connectivity index (χ2v) is 5.27. The van der Waals surface area contributed by atoms with Crippen molar-refractivity contribution in [1.82, 2.24) is 5.12 Å². The number of nitrogens with one attached hydrogen (secondary N) is 1. The van der Waals surface area contributed by atoms with E-state index in [1.807, 2.05) is 0 Å². The van der Waals surface area contributed by atoms with E-state index in [0.717, 1.165) is 23.6 Å². The predicted molar refractivity (Wildman–Crippen MR) is 89.6 cm³/mol. The molecule has 2 aromatic carbocycles. The van der Waals surface area contributed by atoms with Crippen LogP contribution >= 0.6 is 11.6 Å². The van der Waals surface area contributed by atoms with Crippen LogP contribution in [-0.4, -0.2) is 17.7 Å². The monoisotopic (exact) mass is 370 g/mol. The molecule has 0 fully saturated rings. The van der Waals surface area contributed by atoms with E-state index in [4.69, 9.17) is 27.6 Å². The molecule has 132 valence electrons. The molecule has 0 aliphatic heterocycles. The van der Waals surface area contributed by atoms with Crippen molar-refractivity contribution in [2.75, 3.05) is 0 Å². The van der Waals surface area contributed by atoms with Gasteiger partial charge in [-0.1, -0.05) is 35.9 Å². The summed E-state index contributed by atoms with van der Waals surface area (Å²) < 4.78 is 43.2. The molecule has 0 aliphatic rings. The molecule has 5 nitrogen and oxygen atoms in total. The Labute approximate surface area is 146 Å². The van der Waals surface area contributed by atoms with Crippen LogP contribution < -0.4 is 10.6 Å². The number of ether oxygens (including phenoxy) is 1. The summed E-state index contributed by atoms with van der Waals surface area (Å²) in [6.45, 7) is 0.0575. The first-order chi connectivity index (χ1) is 11.8. The zero-order chi connectivity index (χ0) is 18.4. The number of hydrogen-bond donors (Lipinski definition) is 2. The predicted octanol–water partition coefficient (Wildman–Crippen LogP) is 4.05. The van der Waals surface area contributed by atoms with Crippen molar-refractivity contribution in [1.29, 1.82) is 5.41 Å². The fourth-order valence-corrected chi connectivity index (χ4v) is 2.08. The Balaban J connectivity index is 2.08. The lowest BCUT2D eigenvalue weighted by molar-refractivity contribution is -0.137. The summed E-state index contributed by atoms with van der Waals surface area (Å²) >= 11 is 6.21. The van der Waals surface area contributed by atoms with Crippen LogP contribution in [0.2, 0.25) is 5.02 Å². The fraction of sp³-hybridized carbons (Fsp3) is 0.125. The smallest absolute Gasteiger partial charge is 0.416 e. The lowest BCUT2D eigenvalue weighted by Crippen LogP contribution is -2.22. The van der Waals surface area contributed by atoms with Gasteiger partial charge in [-0.15, -0.1) is 0 Å². The van der Waals surface area contributed by atoms with Gasteiger partial charge < -0.3 is 4.74 Å². The summed E-state index contributed by atoms with van der Waals surface area (Å²) in [6.07, 6.45) is -2.20. The molecule has 0 spiro atoms. The number of benzene rings is 2. The number of alkyl halides is 3. The van der Waals surface area contributed by atoms with E-state index < -0.39 is 11.7 Å². The molecule has 0 aromatic heterocycles. The highest BCUT2D eigenvalue weighted by Crippen LogP contribution is 2.30. The number of hydrogen-bond acceptors (Lipinski definition) is 4. The molecular formula is C16H14ClF3N4O. The number of hydrazine groups is 1. The average Bonchev–Trinajstić information content (AvgIpc) is 2.59. The molecule has 0 atom stereocenters. The Morgan fingerprint density at radius 2 is 1.88 bits per heavy atom. The molecule has 0 radical (unpaired) electrons. The third-order valence-corrected chi connectivity index (χ3v) is 3.54. The Morgan fingerprint density at radius 1 is 1.20 bits per heavy atom. The molecule has 2 rings (SSSR count). The van der Waals surface area contributed by atoms with Gasteiger partial charge in [0.1, 0.15) is 18.7 Å². The van der Waals surface area contributed by atoms with Crippen LogP contribution in [0.5, 0.6) is 5.75 Å². The maximum absolute atomic E-state index is 12.5. The third-order valence-electron chi connectivity index (χ3n) is 3.13. The summed E-state index contributed by atoms with van der Waals surface area (Å²) in [7, 11) is 0. The molecule has 0 aliphatic carbocycles. The molecule has 0 saturated carbocycles. The molecule has 0 bridgehead atoms. The van der Waals surface area contributed by atoms with Gasteiger partial charge in [-0.2, -0.15) is 23.4 Å². The summed E-state index contributed by atoms with van der Waals surface area (Å²) in [5.74, 6) is 5.68. The topological polar surface area (TPSA) is 74.7 Å². The van der Waals surface area contributed by atoms with Crippen molar-refractivity contribution in [3.05, 3.63) is 64.2 Å². The Hall–Kier alpha value is -2.58. The standard InChI is InChI=1S/C16H14ClF3N4O/c17-15-12(8-23-24(22)10-21)2-1-3-14(15)25-9-11-4-6-13(7-5-11)16(18,19)20/h1-8,10,21H,9,22H2/b21-10?,23-8+. The molecule has 0 heterocycles. The number of nitrogens with zero attached hydrogens (tertiary/aromatic N) is 2. The first kappa shape index (κ1) is 18.8.